The number of anilines is 1. The number of hydrogen-bond donors (Lipinski definition) is 5. The Balaban J connectivity index is 1.52. The van der Waals surface area contributed by atoms with E-state index in [1.165, 1.54) is 19.9 Å². The zero-order valence-corrected chi connectivity index (χ0v) is 31.6. The first-order valence-electron chi connectivity index (χ1n) is 15.2. The number of phosphoric acid groups is 3. The van der Waals surface area contributed by atoms with Gasteiger partial charge in [0, 0.05) is 30.7 Å². The number of allylic oxidation sites excluding steroid dienone is 1. The number of aliphatic hydroxyl groups is 2. The molecule has 2 aromatic heterocycles. The molecule has 1 aliphatic rings. The lowest BCUT2D eigenvalue weighted by Crippen LogP contribution is -2.46. The highest BCUT2D eigenvalue weighted by molar-refractivity contribution is 8.14. The van der Waals surface area contributed by atoms with E-state index in [-0.39, 0.29) is 41.6 Å². The number of imidazole rings is 1. The average molecular weight is 832 g/mol. The molecule has 0 spiro atoms. The van der Waals surface area contributed by atoms with Gasteiger partial charge in [-0.3, -0.25) is 28.1 Å². The Hall–Kier alpha value is -2.70. The summed E-state index contributed by atoms with van der Waals surface area (Å²) in [4.78, 5) is 95.1. The molecule has 53 heavy (non-hydrogen) atoms. The van der Waals surface area contributed by atoms with Crippen molar-refractivity contribution in [1.82, 2.24) is 30.2 Å². The fraction of sp³-hybridized carbons (Fsp3) is 0.600. The molecule has 2 aromatic rings. The molecule has 3 heterocycles. The lowest BCUT2D eigenvalue weighted by molar-refractivity contribution is -0.347. The quantitative estimate of drug-likeness (QED) is 0.0496. The SMILES string of the molecule is CC=CC(=O)SCCNC(=O)CCNC(=O)[C@H](O)C(C)(C)COP(=O)([O-])OP(=O)([O-])OC[C@H]1O[C@@H](n2cnc3c(N)ncnc32)[C@H](O)[C@@H]1OP(=O)([O-])[O-]. The molecule has 2 unspecified atom stereocenters. The van der Waals surface area contributed by atoms with Crippen LogP contribution >= 0.6 is 35.2 Å². The smallest absolute Gasteiger partial charge is 0.274 e. The van der Waals surface area contributed by atoms with Gasteiger partial charge in [-0.2, -0.15) is 0 Å². The second kappa shape index (κ2) is 18.8. The van der Waals surface area contributed by atoms with Crippen molar-refractivity contribution in [2.24, 2.45) is 5.41 Å². The third-order valence-electron chi connectivity index (χ3n) is 7.02. The number of ether oxygens (including phenoxy) is 1. The number of aromatic nitrogens is 4. The maximum atomic E-state index is 12.5. The van der Waals surface area contributed by atoms with Crippen molar-refractivity contribution < 1.29 is 80.5 Å². The van der Waals surface area contributed by atoms with Crippen molar-refractivity contribution in [2.75, 3.05) is 37.8 Å². The Morgan fingerprint density at radius 1 is 1.11 bits per heavy atom. The Morgan fingerprint density at radius 3 is 2.45 bits per heavy atom. The number of carbonyl (C=O) groups excluding carboxylic acids is 3. The van der Waals surface area contributed by atoms with Crippen LogP contribution in [0.1, 0.15) is 33.4 Å². The Bertz CT molecular complexity index is 1790. The third-order valence-corrected chi connectivity index (χ3v) is 10.9. The highest BCUT2D eigenvalue weighted by Gasteiger charge is 2.47. The summed E-state index contributed by atoms with van der Waals surface area (Å²) in [6.07, 6.45) is -4.63. The number of nitrogens with one attached hydrogen (secondary N) is 2. The van der Waals surface area contributed by atoms with Gasteiger partial charge in [0.1, 0.15) is 36.3 Å². The molecule has 7 atom stereocenters. The van der Waals surface area contributed by atoms with Crippen molar-refractivity contribution in [3.05, 3.63) is 24.8 Å². The third kappa shape index (κ3) is 13.5. The van der Waals surface area contributed by atoms with Crippen molar-refractivity contribution in [2.45, 2.75) is 57.8 Å². The van der Waals surface area contributed by atoms with Gasteiger partial charge in [0.05, 0.1) is 27.4 Å². The van der Waals surface area contributed by atoms with Gasteiger partial charge in [0.15, 0.2) is 17.7 Å². The molecular weight excluding hydrogens is 795 g/mol. The minimum absolute atomic E-state index is 0.0218. The van der Waals surface area contributed by atoms with Gasteiger partial charge in [-0.25, -0.2) is 19.3 Å². The highest BCUT2D eigenvalue weighted by Crippen LogP contribution is 2.56. The monoisotopic (exact) mass is 831 g/mol. The number of hydrogen-bond acceptors (Lipinski definition) is 22. The van der Waals surface area contributed by atoms with Crippen LogP contribution in [0.4, 0.5) is 5.82 Å². The van der Waals surface area contributed by atoms with Gasteiger partial charge in [0.25, 0.3) is 15.6 Å². The molecule has 0 aliphatic carbocycles. The first-order chi connectivity index (χ1) is 24.6. The van der Waals surface area contributed by atoms with Crippen LogP contribution in [0.15, 0.2) is 24.8 Å². The molecular formula is C25H36N7O17P3S-4. The number of thioether (sulfide) groups is 1. The molecule has 0 aromatic carbocycles. The van der Waals surface area contributed by atoms with E-state index in [2.05, 4.69) is 43.5 Å². The molecule has 6 N–H and O–H groups in total. The molecule has 0 saturated carbocycles. The normalized spacial score (nSPS) is 22.4. The number of aliphatic hydroxyl groups excluding tert-OH is 2. The number of nitrogens with zero attached hydrogens (tertiary/aromatic N) is 4. The van der Waals surface area contributed by atoms with Crippen molar-refractivity contribution >= 4 is 69.1 Å². The summed E-state index contributed by atoms with van der Waals surface area (Å²) in [7, 11) is -17.6. The molecule has 0 bridgehead atoms. The molecule has 298 valence electrons. The Labute approximate surface area is 305 Å². The van der Waals surface area contributed by atoms with Crippen LogP contribution in [0, 0.1) is 5.41 Å². The summed E-state index contributed by atoms with van der Waals surface area (Å²) in [6.45, 7) is 1.76. The van der Waals surface area contributed by atoms with Gasteiger partial charge < -0.3 is 69.0 Å². The molecule has 24 nitrogen and oxygen atoms in total. The van der Waals surface area contributed by atoms with Crippen LogP contribution in [-0.4, -0.2) is 103 Å². The van der Waals surface area contributed by atoms with E-state index >= 15 is 0 Å². The number of carbonyl (C=O) groups is 3. The van der Waals surface area contributed by atoms with Crippen LogP contribution in [0.5, 0.6) is 0 Å². The van der Waals surface area contributed by atoms with Gasteiger partial charge >= 0.3 is 0 Å². The summed E-state index contributed by atoms with van der Waals surface area (Å²) < 4.78 is 60.3. The Kier molecular flexibility index (Phi) is 15.8. The molecule has 1 aliphatic heterocycles. The van der Waals surface area contributed by atoms with Crippen LogP contribution in [0.25, 0.3) is 11.2 Å². The molecule has 1 saturated heterocycles. The summed E-state index contributed by atoms with van der Waals surface area (Å²) in [6, 6.07) is 0. The minimum Gasteiger partial charge on any atom is -0.790 e. The molecule has 1 fully saturated rings. The van der Waals surface area contributed by atoms with E-state index in [0.717, 1.165) is 29.0 Å². The maximum absolute atomic E-state index is 12.5. The number of nitrogen functional groups attached to an aromatic ring is 1. The van der Waals surface area contributed by atoms with Crippen LogP contribution < -0.4 is 35.9 Å². The van der Waals surface area contributed by atoms with Crippen LogP contribution in [-0.2, 0) is 50.7 Å². The van der Waals surface area contributed by atoms with Crippen molar-refractivity contribution in [3.63, 3.8) is 0 Å². The second-order valence-corrected chi connectivity index (χ2v) is 16.8. The summed E-state index contributed by atoms with van der Waals surface area (Å²) in [5, 5.41) is 25.9. The largest absolute Gasteiger partial charge is 0.790 e. The number of fused-ring (bicyclic) bond motifs is 1. The Morgan fingerprint density at radius 2 is 1.79 bits per heavy atom. The van der Waals surface area contributed by atoms with Crippen LogP contribution in [0.3, 0.4) is 0 Å². The molecule has 0 radical (unpaired) electrons. The van der Waals surface area contributed by atoms with E-state index in [1.807, 2.05) is 0 Å². The first kappa shape index (κ1) is 44.7. The zero-order chi connectivity index (χ0) is 39.8. The fourth-order valence-electron chi connectivity index (χ4n) is 4.44. The lowest BCUT2D eigenvalue weighted by atomic mass is 9.87. The van der Waals surface area contributed by atoms with E-state index in [0.29, 0.717) is 5.75 Å². The summed E-state index contributed by atoms with van der Waals surface area (Å²) >= 11 is 0.996. The zero-order valence-electron chi connectivity index (χ0n) is 28.1. The van der Waals surface area contributed by atoms with Crippen molar-refractivity contribution in [3.8, 4) is 0 Å². The standard InChI is InChI=1S/C25H40N7O17P3S/c1-4-5-16(34)53-9-8-27-15(33)6-7-28-23(37)20(36)25(2,3)11-46-52(43,44)49-51(41,42)45-10-14-19(48-50(38,39)40)18(35)24(47-14)32-13-31-17-21(26)29-12-30-22(17)32/h4-5,12-14,18-20,24,35-36H,6-11H2,1-3H3,(H,27,33)(H,28,37)(H,41,42)(H,43,44)(H2,26,29,30)(H2,38,39,40)/p-4/t14-,18-,19-,20+,24-/m1/s1. The highest BCUT2D eigenvalue weighted by atomic mass is 32.2. The van der Waals surface area contributed by atoms with E-state index < -0.39 is 84.6 Å². The number of rotatable bonds is 20. The first-order valence-corrected chi connectivity index (χ1v) is 20.5. The van der Waals surface area contributed by atoms with E-state index in [4.69, 9.17) is 10.5 Å². The van der Waals surface area contributed by atoms with Crippen molar-refractivity contribution in [1.29, 1.82) is 0 Å². The summed E-state index contributed by atoms with van der Waals surface area (Å²) in [5.41, 5.74) is 4.06. The fourth-order valence-corrected chi connectivity index (χ4v) is 7.82. The predicted octanol–water partition coefficient (Wildman–Crippen LogP) is -3.29. The van der Waals surface area contributed by atoms with E-state index in [1.54, 1.807) is 13.0 Å². The lowest BCUT2D eigenvalue weighted by Gasteiger charge is -2.36. The minimum atomic E-state index is -5.91. The van der Waals surface area contributed by atoms with Crippen LogP contribution in [0.2, 0.25) is 0 Å². The van der Waals surface area contributed by atoms with Gasteiger partial charge in [-0.05, 0) is 13.0 Å². The predicted molar refractivity (Wildman–Crippen MR) is 173 cm³/mol. The second-order valence-electron chi connectivity index (χ2n) is 11.7. The number of phosphoric ester groups is 3. The molecule has 3 rings (SSSR count). The summed E-state index contributed by atoms with van der Waals surface area (Å²) in [5.74, 6) is -1.24. The van der Waals surface area contributed by atoms with Gasteiger partial charge in [-0.15, -0.1) is 0 Å². The maximum Gasteiger partial charge on any atom is 0.274 e. The molecule has 28 heteroatoms. The molecule has 2 amide bonds. The number of nitrogens with two attached hydrogens (primary N) is 1. The topological polar surface area (TPSA) is 375 Å². The van der Waals surface area contributed by atoms with Gasteiger partial charge in [0.2, 0.25) is 16.9 Å². The average Bonchev–Trinajstić information content (AvgIpc) is 3.61. The number of amides is 2. The van der Waals surface area contributed by atoms with E-state index in [9.17, 15) is 57.9 Å². The van der Waals surface area contributed by atoms with Gasteiger partial charge in [-0.1, -0.05) is 31.7 Å².